The molecule has 0 aliphatic carbocycles. The van der Waals surface area contributed by atoms with Gasteiger partial charge in [0, 0.05) is 59.4 Å². The van der Waals surface area contributed by atoms with E-state index >= 15 is 0 Å². The molecule has 0 spiro atoms. The van der Waals surface area contributed by atoms with Crippen molar-refractivity contribution >= 4 is 29.1 Å². The van der Waals surface area contributed by atoms with Gasteiger partial charge < -0.3 is 14.8 Å². The standard InChI is InChI=1S/C26H27Cl2N4O4.Y/c1-31-26(34)23(22(17-30-31)36-16-13-32-11-14-35-15-12-32)19-7-5-18(6-8-19)9-10-29-25(33)24-20(27)3-2-4-21(24)28;/h2-8,10,17H,9,11-16H2,1H3,(H,29,33);/q-1;. The van der Waals surface area contributed by atoms with Gasteiger partial charge in [-0.25, -0.2) is 11.2 Å². The summed E-state index contributed by atoms with van der Waals surface area (Å²) in [6.45, 7) is 6.02. The van der Waals surface area contributed by atoms with Crippen LogP contribution in [-0.4, -0.2) is 60.0 Å². The molecule has 193 valence electrons. The monoisotopic (exact) mass is 618 g/mol. The Morgan fingerprint density at radius 1 is 1.14 bits per heavy atom. The van der Waals surface area contributed by atoms with Crippen LogP contribution in [0.25, 0.3) is 11.1 Å². The summed E-state index contributed by atoms with van der Waals surface area (Å²) in [5.41, 5.74) is 2.15. The average molecular weight is 619 g/mol. The number of carbonyl (C=O) groups is 1. The molecule has 0 bridgehead atoms. The molecular weight excluding hydrogens is 592 g/mol. The number of benzene rings is 2. The minimum Gasteiger partial charge on any atom is -0.501 e. The van der Waals surface area contributed by atoms with E-state index in [1.54, 1.807) is 38.0 Å². The van der Waals surface area contributed by atoms with Gasteiger partial charge in [-0.2, -0.15) is 5.10 Å². The largest absolute Gasteiger partial charge is 0.501 e. The number of hydrogen-bond acceptors (Lipinski definition) is 6. The first-order valence-electron chi connectivity index (χ1n) is 11.6. The summed E-state index contributed by atoms with van der Waals surface area (Å²) in [4.78, 5) is 27.6. The molecule has 37 heavy (non-hydrogen) atoms. The zero-order chi connectivity index (χ0) is 25.5. The third-order valence-corrected chi connectivity index (χ3v) is 6.50. The third-order valence-electron chi connectivity index (χ3n) is 5.87. The van der Waals surface area contributed by atoms with Crippen LogP contribution in [0.1, 0.15) is 15.9 Å². The van der Waals surface area contributed by atoms with Crippen LogP contribution in [0.4, 0.5) is 0 Å². The van der Waals surface area contributed by atoms with Gasteiger partial charge in [-0.3, -0.25) is 14.5 Å². The Hall–Kier alpha value is -1.81. The van der Waals surface area contributed by atoms with Crippen LogP contribution in [-0.2, 0) is 50.9 Å². The van der Waals surface area contributed by atoms with Crippen molar-refractivity contribution < 1.29 is 47.0 Å². The number of ether oxygens (including phenoxy) is 2. The molecule has 11 heteroatoms. The zero-order valence-electron chi connectivity index (χ0n) is 20.5. The maximum Gasteiger partial charge on any atom is 0.278 e. The summed E-state index contributed by atoms with van der Waals surface area (Å²) in [5, 5.41) is 7.43. The second-order valence-corrected chi connectivity index (χ2v) is 9.10. The fourth-order valence-corrected chi connectivity index (χ4v) is 4.43. The van der Waals surface area contributed by atoms with Gasteiger partial charge >= 0.3 is 0 Å². The molecule has 2 aromatic carbocycles. The van der Waals surface area contributed by atoms with E-state index in [2.05, 4.69) is 15.3 Å². The van der Waals surface area contributed by atoms with E-state index in [0.29, 0.717) is 34.4 Å². The van der Waals surface area contributed by atoms with Gasteiger partial charge in [0.2, 0.25) is 5.91 Å². The predicted molar refractivity (Wildman–Crippen MR) is 140 cm³/mol. The summed E-state index contributed by atoms with van der Waals surface area (Å²) in [6.07, 6.45) is 2.05. The first-order chi connectivity index (χ1) is 17.4. The topological polar surface area (TPSA) is 85.7 Å². The molecular formula is C26H27Cl2N4O4Y-. The van der Waals surface area contributed by atoms with Gasteiger partial charge in [0.05, 0.1) is 40.6 Å². The Morgan fingerprint density at radius 2 is 1.81 bits per heavy atom. The van der Waals surface area contributed by atoms with Crippen molar-refractivity contribution in [1.82, 2.24) is 20.0 Å². The fraction of sp³-hybridized carbons (Fsp3) is 0.308. The molecule has 1 aliphatic rings. The maximum atomic E-state index is 12.9. The van der Waals surface area contributed by atoms with Crippen LogP contribution < -0.4 is 15.6 Å². The third kappa shape index (κ3) is 7.85. The average Bonchev–Trinajstić information content (AvgIpc) is 2.87. The number of hydrogen-bond donors (Lipinski definition) is 1. The van der Waals surface area contributed by atoms with Gasteiger partial charge in [-0.05, 0) is 17.7 Å². The Kier molecular flexibility index (Phi) is 11.6. The van der Waals surface area contributed by atoms with E-state index in [9.17, 15) is 9.59 Å². The smallest absolute Gasteiger partial charge is 0.278 e. The molecule has 1 aliphatic heterocycles. The molecule has 0 unspecified atom stereocenters. The van der Waals surface area contributed by atoms with Crippen LogP contribution in [0.2, 0.25) is 10.0 Å². The number of amides is 1. The zero-order valence-corrected chi connectivity index (χ0v) is 24.8. The number of aryl methyl sites for hydroxylation is 1. The van der Waals surface area contributed by atoms with Crippen LogP contribution in [0, 0.1) is 6.54 Å². The maximum absolute atomic E-state index is 12.9. The van der Waals surface area contributed by atoms with Gasteiger partial charge in [0.25, 0.3) is 5.56 Å². The molecule has 1 amide bonds. The molecule has 1 saturated heterocycles. The minimum absolute atomic E-state index is 0. The normalized spacial score (nSPS) is 13.6. The van der Waals surface area contributed by atoms with Crippen molar-refractivity contribution in [2.24, 2.45) is 7.05 Å². The van der Waals surface area contributed by atoms with E-state index in [1.165, 1.54) is 4.68 Å². The Bertz CT molecular complexity index is 1240. The molecule has 0 atom stereocenters. The van der Waals surface area contributed by atoms with Gasteiger partial charge in [-0.1, -0.05) is 59.1 Å². The first-order valence-corrected chi connectivity index (χ1v) is 12.3. The van der Waals surface area contributed by atoms with Gasteiger partial charge in [0.15, 0.2) is 5.75 Å². The van der Waals surface area contributed by atoms with E-state index < -0.39 is 0 Å². The van der Waals surface area contributed by atoms with Crippen molar-refractivity contribution in [1.29, 1.82) is 0 Å². The van der Waals surface area contributed by atoms with Crippen molar-refractivity contribution in [3.8, 4) is 16.9 Å². The van der Waals surface area contributed by atoms with Gasteiger partial charge in [-0.15, -0.1) is 6.42 Å². The summed E-state index contributed by atoms with van der Waals surface area (Å²) in [5.74, 6) is 0.0796. The molecule has 1 N–H and O–H groups in total. The van der Waals surface area contributed by atoms with Crippen LogP contribution in [0.15, 0.2) is 53.5 Å². The van der Waals surface area contributed by atoms with Crippen LogP contribution in [0.5, 0.6) is 5.75 Å². The second kappa shape index (κ2) is 14.4. The molecule has 3 aromatic rings. The molecule has 1 radical (unpaired) electrons. The predicted octanol–water partition coefficient (Wildman–Crippen LogP) is 3.60. The number of morpholine rings is 1. The quantitative estimate of drug-likeness (QED) is 0.369. The van der Waals surface area contributed by atoms with E-state index in [0.717, 1.165) is 44.0 Å². The van der Waals surface area contributed by atoms with Crippen LogP contribution >= 0.6 is 23.2 Å². The minimum atomic E-state index is -0.374. The summed E-state index contributed by atoms with van der Waals surface area (Å²) in [7, 11) is 1.61. The molecule has 0 saturated carbocycles. The van der Waals surface area contributed by atoms with Gasteiger partial charge in [0.1, 0.15) is 6.61 Å². The van der Waals surface area contributed by atoms with E-state index in [-0.39, 0.29) is 49.7 Å². The number of nitrogens with zero attached hydrogens (tertiary/aromatic N) is 3. The number of halogens is 2. The molecule has 2 heterocycles. The summed E-state index contributed by atoms with van der Waals surface area (Å²) < 4.78 is 12.6. The van der Waals surface area contributed by atoms with Crippen molar-refractivity contribution in [3.63, 3.8) is 0 Å². The molecule has 8 nitrogen and oxygen atoms in total. The summed E-state index contributed by atoms with van der Waals surface area (Å²) in [6, 6.07) is 12.4. The molecule has 1 fully saturated rings. The van der Waals surface area contributed by atoms with Crippen molar-refractivity contribution in [3.05, 3.63) is 86.7 Å². The van der Waals surface area contributed by atoms with Crippen LogP contribution in [0.3, 0.4) is 0 Å². The van der Waals surface area contributed by atoms with Crippen molar-refractivity contribution in [2.45, 2.75) is 6.42 Å². The number of aromatic nitrogens is 2. The summed E-state index contributed by atoms with van der Waals surface area (Å²) >= 11 is 12.2. The SMILES string of the molecule is Cn1ncc(OCCN2CCOCC2)c(-c2ccc(C[CH-]NC(=O)c3c(Cl)cccc3Cl)cc2)c1=O.[Y]. The number of nitrogens with one attached hydrogen (secondary N) is 1. The Labute approximate surface area is 251 Å². The van der Waals surface area contributed by atoms with E-state index in [4.69, 9.17) is 32.7 Å². The number of rotatable bonds is 9. The Morgan fingerprint density at radius 3 is 2.49 bits per heavy atom. The molecule has 4 rings (SSSR count). The molecule has 1 aromatic heterocycles. The Balaban J connectivity index is 0.00000380. The van der Waals surface area contributed by atoms with E-state index in [1.807, 2.05) is 24.3 Å². The fourth-order valence-electron chi connectivity index (χ4n) is 3.86. The number of carbonyl (C=O) groups excluding carboxylic acids is 1. The first kappa shape index (κ1) is 29.7. The van der Waals surface area contributed by atoms with Crippen molar-refractivity contribution in [2.75, 3.05) is 39.5 Å². The second-order valence-electron chi connectivity index (χ2n) is 8.29.